The predicted molar refractivity (Wildman–Crippen MR) is 93.2 cm³/mol. The van der Waals surface area contributed by atoms with Crippen molar-refractivity contribution >= 4 is 29.3 Å². The van der Waals surface area contributed by atoms with E-state index in [2.05, 4.69) is 46.9 Å². The topological polar surface area (TPSA) is 0 Å². The maximum atomic E-state index is 2.39. The second-order valence-electron chi connectivity index (χ2n) is 6.56. The number of hydrogen-bond donors (Lipinski definition) is 0. The summed E-state index contributed by atoms with van der Waals surface area (Å²) < 4.78 is 1.35. The number of fused-ring (bicyclic) bond motifs is 2. The van der Waals surface area contributed by atoms with Gasteiger partial charge in [0.25, 0.3) is 0 Å². The molecule has 0 saturated carbocycles. The molecular weight excluding hydrogens is 342 g/mol. The summed E-state index contributed by atoms with van der Waals surface area (Å²) in [6.07, 6.45) is 13.3. The number of rotatable bonds is 4. The van der Waals surface area contributed by atoms with Gasteiger partial charge in [-0.25, -0.2) is 0 Å². The van der Waals surface area contributed by atoms with E-state index in [1.165, 1.54) is 66.8 Å². The summed E-state index contributed by atoms with van der Waals surface area (Å²) >= 11 is 2.39. The van der Waals surface area contributed by atoms with Crippen molar-refractivity contribution in [3.63, 3.8) is 0 Å². The van der Waals surface area contributed by atoms with Gasteiger partial charge >= 0.3 is 0 Å². The second-order valence-corrected chi connectivity index (χ2v) is 7.81. The van der Waals surface area contributed by atoms with Crippen molar-refractivity contribution in [3.8, 4) is 0 Å². The highest BCUT2D eigenvalue weighted by Crippen LogP contribution is 2.48. The first-order valence-electron chi connectivity index (χ1n) is 8.07. The van der Waals surface area contributed by atoms with E-state index in [1.807, 2.05) is 0 Å². The van der Waals surface area contributed by atoms with Crippen LogP contribution in [0.3, 0.4) is 0 Å². The van der Waals surface area contributed by atoms with Gasteiger partial charge in [-0.05, 0) is 46.7 Å². The molecule has 0 aliphatic carbocycles. The van der Waals surface area contributed by atoms with Crippen molar-refractivity contribution in [2.24, 2.45) is 0 Å². The zero-order valence-electron chi connectivity index (χ0n) is 11.8. The molecule has 0 unspecified atom stereocenters. The summed E-state index contributed by atoms with van der Waals surface area (Å²) in [5.74, 6) is 2.17. The number of aryl methyl sites for hydroxylation is 1. The van der Waals surface area contributed by atoms with Crippen LogP contribution in [-0.2, 0) is 6.42 Å². The van der Waals surface area contributed by atoms with E-state index in [9.17, 15) is 0 Å². The Kier molecular flexibility index (Phi) is 4.89. The van der Waals surface area contributed by atoms with Crippen LogP contribution in [0.25, 0.3) is 0 Å². The lowest BCUT2D eigenvalue weighted by molar-refractivity contribution is 0.440. The highest BCUT2D eigenvalue weighted by Gasteiger charge is 2.38. The Morgan fingerprint density at radius 3 is 2.11 bits per heavy atom. The van der Waals surface area contributed by atoms with Crippen molar-refractivity contribution in [1.29, 1.82) is 0 Å². The highest BCUT2D eigenvalue weighted by molar-refractivity contribution is 14.1. The van der Waals surface area contributed by atoms with Crippen molar-refractivity contribution < 1.29 is 0 Å². The molecule has 0 N–H and O–H groups in total. The lowest BCUT2D eigenvalue weighted by atomic mass is 9.26. The molecule has 2 heterocycles. The van der Waals surface area contributed by atoms with Gasteiger partial charge in [-0.3, -0.25) is 0 Å². The van der Waals surface area contributed by atoms with Gasteiger partial charge in [0.1, 0.15) is 6.71 Å². The van der Waals surface area contributed by atoms with Crippen LogP contribution in [0.5, 0.6) is 0 Å². The highest BCUT2D eigenvalue weighted by atomic mass is 127. The van der Waals surface area contributed by atoms with E-state index >= 15 is 0 Å². The van der Waals surface area contributed by atoms with Crippen LogP contribution in [0.15, 0.2) is 24.3 Å². The van der Waals surface area contributed by atoms with Crippen LogP contribution in [0, 0.1) is 3.57 Å². The average Bonchev–Trinajstić information content (AvgIpc) is 2.41. The maximum Gasteiger partial charge on any atom is 0.146 e. The van der Waals surface area contributed by atoms with Crippen molar-refractivity contribution in [2.75, 3.05) is 0 Å². The minimum Gasteiger partial charge on any atom is -0.0734 e. The van der Waals surface area contributed by atoms with E-state index < -0.39 is 0 Å². The summed E-state index contributed by atoms with van der Waals surface area (Å²) in [6, 6.07) is 9.10. The van der Waals surface area contributed by atoms with Crippen LogP contribution < -0.4 is 0 Å². The van der Waals surface area contributed by atoms with E-state index in [0.717, 1.165) is 18.3 Å². The molecule has 2 bridgehead atoms. The molecule has 3 rings (SSSR count). The van der Waals surface area contributed by atoms with Crippen LogP contribution in [-0.4, -0.2) is 6.71 Å². The molecule has 0 radical (unpaired) electrons. The molecule has 1 aromatic carbocycles. The molecule has 102 valence electrons. The zero-order chi connectivity index (χ0) is 13.1. The molecule has 0 spiro atoms. The molecule has 19 heavy (non-hydrogen) atoms. The third-order valence-corrected chi connectivity index (χ3v) is 6.15. The Bertz CT molecular complexity index is 378. The molecule has 1 aromatic rings. The molecule has 0 aromatic heterocycles. The Morgan fingerprint density at radius 1 is 0.947 bits per heavy atom. The molecule has 2 aliphatic heterocycles. The largest absolute Gasteiger partial charge is 0.146 e. The quantitative estimate of drug-likeness (QED) is 0.465. The average molecular weight is 366 g/mol. The van der Waals surface area contributed by atoms with Crippen molar-refractivity contribution in [1.82, 2.24) is 0 Å². The number of benzene rings is 1. The van der Waals surface area contributed by atoms with Crippen molar-refractivity contribution in [3.05, 3.63) is 33.4 Å². The van der Waals surface area contributed by atoms with Gasteiger partial charge in [0.15, 0.2) is 0 Å². The molecule has 2 aliphatic rings. The fourth-order valence-corrected chi connectivity index (χ4v) is 4.84. The fourth-order valence-electron chi connectivity index (χ4n) is 4.48. The van der Waals surface area contributed by atoms with Gasteiger partial charge in [0.2, 0.25) is 0 Å². The molecule has 2 saturated heterocycles. The smallest absolute Gasteiger partial charge is 0.0734 e. The molecule has 0 amide bonds. The van der Waals surface area contributed by atoms with Gasteiger partial charge in [0.05, 0.1) is 0 Å². The first-order chi connectivity index (χ1) is 9.33. The first kappa shape index (κ1) is 14.0. The minimum absolute atomic E-state index is 1.08. The summed E-state index contributed by atoms with van der Waals surface area (Å²) in [5.41, 5.74) is 1.53. The monoisotopic (exact) mass is 366 g/mol. The Morgan fingerprint density at radius 2 is 1.53 bits per heavy atom. The standard InChI is InChI=1S/C17H24BI/c19-17-11-9-14(10-12-17)4-3-13-18-15-5-1-6-16(18)8-2-7-15/h9-12,15-16H,1-8,13H2. The van der Waals surface area contributed by atoms with Crippen LogP contribution in [0.2, 0.25) is 18.0 Å². The predicted octanol–water partition coefficient (Wildman–Crippen LogP) is 5.83. The molecule has 0 nitrogen and oxygen atoms in total. The summed E-state index contributed by atoms with van der Waals surface area (Å²) in [6.45, 7) is 1.08. The lowest BCUT2D eigenvalue weighted by Gasteiger charge is -2.40. The third kappa shape index (κ3) is 3.56. The number of hydrogen-bond acceptors (Lipinski definition) is 0. The molecular formula is C17H24BI. The Hall–Kier alpha value is 0.0149. The van der Waals surface area contributed by atoms with Gasteiger partial charge in [-0.15, -0.1) is 0 Å². The first-order valence-corrected chi connectivity index (χ1v) is 9.15. The second kappa shape index (κ2) is 6.65. The molecule has 2 fully saturated rings. The minimum atomic E-state index is 1.08. The normalized spacial score (nSPS) is 26.5. The third-order valence-electron chi connectivity index (χ3n) is 5.43. The summed E-state index contributed by atoms with van der Waals surface area (Å²) in [5, 5.41) is 0. The van der Waals surface area contributed by atoms with E-state index in [-0.39, 0.29) is 0 Å². The fraction of sp³-hybridized carbons (Fsp3) is 0.647. The van der Waals surface area contributed by atoms with Crippen LogP contribution in [0.4, 0.5) is 0 Å². The zero-order valence-corrected chi connectivity index (χ0v) is 13.9. The summed E-state index contributed by atoms with van der Waals surface area (Å²) in [4.78, 5) is 0. The van der Waals surface area contributed by atoms with Gasteiger partial charge in [0, 0.05) is 3.57 Å². The molecule has 0 atom stereocenters. The Balaban J connectivity index is 1.50. The lowest BCUT2D eigenvalue weighted by Crippen LogP contribution is -2.34. The number of halogens is 1. The van der Waals surface area contributed by atoms with Crippen LogP contribution in [0.1, 0.15) is 50.5 Å². The van der Waals surface area contributed by atoms with Gasteiger partial charge in [-0.1, -0.05) is 75.0 Å². The summed E-state index contributed by atoms with van der Waals surface area (Å²) in [7, 11) is 0. The van der Waals surface area contributed by atoms with Gasteiger partial charge < -0.3 is 0 Å². The van der Waals surface area contributed by atoms with E-state index in [0.29, 0.717) is 0 Å². The Labute approximate surface area is 132 Å². The van der Waals surface area contributed by atoms with Crippen molar-refractivity contribution in [2.45, 2.75) is 69.3 Å². The molecule has 2 heteroatoms. The van der Waals surface area contributed by atoms with Gasteiger partial charge in [-0.2, -0.15) is 0 Å². The maximum absolute atomic E-state index is 2.39. The van der Waals surface area contributed by atoms with E-state index in [1.54, 1.807) is 0 Å². The van der Waals surface area contributed by atoms with Crippen LogP contribution >= 0.6 is 22.6 Å². The van der Waals surface area contributed by atoms with E-state index in [4.69, 9.17) is 0 Å². The SMILES string of the molecule is Ic1ccc(CCCB2C3CCCC2CCC3)cc1.